The zero-order valence-corrected chi connectivity index (χ0v) is 16.2. The average Bonchev–Trinajstić information content (AvgIpc) is 3.08. The first kappa shape index (κ1) is 18.7. The second-order valence-corrected chi connectivity index (χ2v) is 7.41. The Morgan fingerprint density at radius 3 is 2.89 bits per heavy atom. The molecule has 0 bridgehead atoms. The summed E-state index contributed by atoms with van der Waals surface area (Å²) in [6.45, 7) is 5.32. The molecule has 4 rings (SSSR count). The molecule has 2 aliphatic heterocycles. The highest BCUT2D eigenvalue weighted by atomic mass is 16.7. The maximum Gasteiger partial charge on any atom is 0.231 e. The van der Waals surface area contributed by atoms with Crippen molar-refractivity contribution in [3.8, 4) is 11.5 Å². The molecule has 1 atom stereocenters. The topological polar surface area (TPSA) is 67.8 Å². The van der Waals surface area contributed by atoms with Crippen LogP contribution in [0.25, 0.3) is 0 Å². The molecule has 2 aromatic rings. The van der Waals surface area contributed by atoms with Crippen LogP contribution in [0.5, 0.6) is 11.5 Å². The monoisotopic (exact) mass is 382 g/mol. The molecule has 3 heterocycles. The molecule has 1 aromatic heterocycles. The number of hydrogen-bond acceptors (Lipinski definition) is 6. The van der Waals surface area contributed by atoms with Gasteiger partial charge in [-0.15, -0.1) is 0 Å². The van der Waals surface area contributed by atoms with Gasteiger partial charge in [-0.25, -0.2) is 9.97 Å². The zero-order valence-electron chi connectivity index (χ0n) is 16.2. The number of carbonyl (C=O) groups excluding carboxylic acids is 1. The maximum atomic E-state index is 12.3. The van der Waals surface area contributed by atoms with Gasteiger partial charge in [0.1, 0.15) is 6.33 Å². The van der Waals surface area contributed by atoms with Gasteiger partial charge in [-0.1, -0.05) is 12.1 Å². The van der Waals surface area contributed by atoms with Gasteiger partial charge in [0.15, 0.2) is 11.5 Å². The Morgan fingerprint density at radius 1 is 1.21 bits per heavy atom. The number of likely N-dealkylation sites (tertiary alicyclic amines) is 1. The summed E-state index contributed by atoms with van der Waals surface area (Å²) < 4.78 is 11.1. The number of nitrogens with zero attached hydrogens (tertiary/aromatic N) is 4. The lowest BCUT2D eigenvalue weighted by Gasteiger charge is -2.30. The van der Waals surface area contributed by atoms with Crippen LogP contribution in [0.2, 0.25) is 0 Å². The van der Waals surface area contributed by atoms with Gasteiger partial charge < -0.3 is 14.4 Å². The Bertz CT molecular complexity index is 815. The Hall–Kier alpha value is -2.67. The molecule has 28 heavy (non-hydrogen) atoms. The molecule has 0 spiro atoms. The van der Waals surface area contributed by atoms with Crippen LogP contribution in [-0.2, 0) is 17.9 Å². The predicted octanol–water partition coefficient (Wildman–Crippen LogP) is 2.61. The van der Waals surface area contributed by atoms with E-state index in [1.165, 1.54) is 11.9 Å². The van der Waals surface area contributed by atoms with Crippen LogP contribution < -0.4 is 9.47 Å². The van der Waals surface area contributed by atoms with Crippen molar-refractivity contribution in [2.75, 3.05) is 19.9 Å². The standard InChI is InChI=1S/C21H26N4O3/c1-16(26)25(12-17-10-22-14-23-11-17)19-5-3-8-24(9-7-19)13-18-4-2-6-20-21(18)28-15-27-20/h2,4,6,10-11,14,19H,3,5,7-9,12-13,15H2,1H3/t19-/m0/s1. The van der Waals surface area contributed by atoms with E-state index in [9.17, 15) is 4.79 Å². The van der Waals surface area contributed by atoms with Crippen LogP contribution >= 0.6 is 0 Å². The Morgan fingerprint density at radius 2 is 2.07 bits per heavy atom. The van der Waals surface area contributed by atoms with Crippen molar-refractivity contribution in [2.45, 2.75) is 45.3 Å². The van der Waals surface area contributed by atoms with Crippen molar-refractivity contribution < 1.29 is 14.3 Å². The van der Waals surface area contributed by atoms with E-state index in [0.29, 0.717) is 13.3 Å². The molecule has 0 N–H and O–H groups in total. The molecule has 7 heteroatoms. The molecule has 1 saturated heterocycles. The van der Waals surface area contributed by atoms with Gasteiger partial charge >= 0.3 is 0 Å². The molecule has 1 fully saturated rings. The van der Waals surface area contributed by atoms with E-state index in [0.717, 1.165) is 56.0 Å². The van der Waals surface area contributed by atoms with Crippen LogP contribution in [0, 0.1) is 0 Å². The number of amides is 1. The van der Waals surface area contributed by atoms with Crippen LogP contribution in [0.3, 0.4) is 0 Å². The van der Waals surface area contributed by atoms with E-state index in [1.807, 2.05) is 17.0 Å². The predicted molar refractivity (Wildman–Crippen MR) is 104 cm³/mol. The summed E-state index contributed by atoms with van der Waals surface area (Å²) in [7, 11) is 0. The Balaban J connectivity index is 1.40. The van der Waals surface area contributed by atoms with E-state index in [2.05, 4.69) is 20.9 Å². The summed E-state index contributed by atoms with van der Waals surface area (Å²) in [5.41, 5.74) is 2.13. The van der Waals surface area contributed by atoms with Gasteiger partial charge in [-0.05, 0) is 31.9 Å². The van der Waals surface area contributed by atoms with Crippen molar-refractivity contribution in [1.29, 1.82) is 0 Å². The highest BCUT2D eigenvalue weighted by Gasteiger charge is 2.26. The quantitative estimate of drug-likeness (QED) is 0.792. The molecular weight excluding hydrogens is 356 g/mol. The molecule has 1 amide bonds. The fourth-order valence-corrected chi connectivity index (χ4v) is 4.07. The van der Waals surface area contributed by atoms with Gasteiger partial charge in [-0.2, -0.15) is 0 Å². The van der Waals surface area contributed by atoms with Crippen molar-refractivity contribution in [3.05, 3.63) is 48.0 Å². The number of ether oxygens (including phenoxy) is 2. The molecule has 1 aromatic carbocycles. The van der Waals surface area contributed by atoms with Gasteiger partial charge in [0.05, 0.1) is 0 Å². The van der Waals surface area contributed by atoms with Crippen molar-refractivity contribution in [1.82, 2.24) is 19.8 Å². The minimum absolute atomic E-state index is 0.105. The minimum atomic E-state index is 0.105. The molecule has 0 saturated carbocycles. The van der Waals surface area contributed by atoms with Gasteiger partial charge in [0.25, 0.3) is 0 Å². The molecular formula is C21H26N4O3. The van der Waals surface area contributed by atoms with Crippen LogP contribution in [-0.4, -0.2) is 51.6 Å². The summed E-state index contributed by atoms with van der Waals surface area (Å²) in [6.07, 6.45) is 8.11. The average molecular weight is 382 g/mol. The maximum absolute atomic E-state index is 12.3. The summed E-state index contributed by atoms with van der Waals surface area (Å²) in [5.74, 6) is 1.81. The third-order valence-corrected chi connectivity index (χ3v) is 5.47. The lowest BCUT2D eigenvalue weighted by Crippen LogP contribution is -2.39. The van der Waals surface area contributed by atoms with E-state index >= 15 is 0 Å². The number of rotatable bonds is 5. The number of hydrogen-bond donors (Lipinski definition) is 0. The third-order valence-electron chi connectivity index (χ3n) is 5.47. The van der Waals surface area contributed by atoms with Gasteiger partial charge in [-0.3, -0.25) is 9.69 Å². The number of benzene rings is 1. The summed E-state index contributed by atoms with van der Waals surface area (Å²) in [6, 6.07) is 6.31. The van der Waals surface area contributed by atoms with Gasteiger partial charge in [0, 0.05) is 56.1 Å². The van der Waals surface area contributed by atoms with Crippen LogP contribution in [0.1, 0.15) is 37.3 Å². The van der Waals surface area contributed by atoms with E-state index in [-0.39, 0.29) is 11.9 Å². The van der Waals surface area contributed by atoms with E-state index in [4.69, 9.17) is 9.47 Å². The summed E-state index contributed by atoms with van der Waals surface area (Å²) >= 11 is 0. The number of fused-ring (bicyclic) bond motifs is 1. The van der Waals surface area contributed by atoms with Crippen LogP contribution in [0.15, 0.2) is 36.9 Å². The van der Waals surface area contributed by atoms with Crippen molar-refractivity contribution in [2.24, 2.45) is 0 Å². The Kier molecular flexibility index (Phi) is 5.71. The van der Waals surface area contributed by atoms with Crippen molar-refractivity contribution >= 4 is 5.91 Å². The smallest absolute Gasteiger partial charge is 0.231 e. The van der Waals surface area contributed by atoms with Crippen molar-refractivity contribution in [3.63, 3.8) is 0 Å². The first-order chi connectivity index (χ1) is 13.7. The van der Waals surface area contributed by atoms with Gasteiger partial charge in [0.2, 0.25) is 12.7 Å². The largest absolute Gasteiger partial charge is 0.454 e. The second kappa shape index (κ2) is 8.56. The first-order valence-electron chi connectivity index (χ1n) is 9.81. The first-order valence-corrected chi connectivity index (χ1v) is 9.81. The minimum Gasteiger partial charge on any atom is -0.454 e. The Labute approximate surface area is 165 Å². The van der Waals surface area contributed by atoms with E-state index in [1.54, 1.807) is 19.3 Å². The molecule has 0 aliphatic carbocycles. The number of carbonyl (C=O) groups is 1. The number of para-hydroxylation sites is 1. The normalized spacial score (nSPS) is 19.2. The lowest BCUT2D eigenvalue weighted by molar-refractivity contribution is -0.132. The number of aromatic nitrogens is 2. The third kappa shape index (κ3) is 4.25. The molecule has 0 unspecified atom stereocenters. The van der Waals surface area contributed by atoms with E-state index < -0.39 is 0 Å². The molecule has 2 aliphatic rings. The second-order valence-electron chi connectivity index (χ2n) is 7.41. The lowest BCUT2D eigenvalue weighted by atomic mass is 10.1. The highest BCUT2D eigenvalue weighted by Crippen LogP contribution is 2.36. The fourth-order valence-electron chi connectivity index (χ4n) is 4.07. The SMILES string of the molecule is CC(=O)N(Cc1cncnc1)[C@H]1CCCN(Cc2cccc3c2OCO3)CC1. The fraction of sp³-hybridized carbons (Fsp3) is 0.476. The summed E-state index contributed by atoms with van der Waals surface area (Å²) in [4.78, 5) is 24.9. The molecule has 148 valence electrons. The highest BCUT2D eigenvalue weighted by molar-refractivity contribution is 5.73. The van der Waals surface area contributed by atoms with Crippen LogP contribution in [0.4, 0.5) is 0 Å². The molecule has 0 radical (unpaired) electrons. The molecule has 7 nitrogen and oxygen atoms in total. The summed E-state index contributed by atoms with van der Waals surface area (Å²) in [5, 5.41) is 0. The zero-order chi connectivity index (χ0) is 19.3.